The fourth-order valence-electron chi connectivity index (χ4n) is 5.08. The first-order valence-corrected chi connectivity index (χ1v) is 12.4. The number of guanidine groups is 1. The Labute approximate surface area is 196 Å². The van der Waals surface area contributed by atoms with Gasteiger partial charge >= 0.3 is 0 Å². The number of carbonyl (C=O) groups is 2. The Hall–Kier alpha value is -2.61. The number of hydrogen-bond acceptors (Lipinski definition) is 6. The third-order valence-corrected chi connectivity index (χ3v) is 6.86. The summed E-state index contributed by atoms with van der Waals surface area (Å²) in [4.78, 5) is 32.8. The average molecular weight is 457 g/mol. The quantitative estimate of drug-likeness (QED) is 0.528. The van der Waals surface area contributed by atoms with Gasteiger partial charge in [0.25, 0.3) is 0 Å². The second kappa shape index (κ2) is 11.0. The second-order valence-electron chi connectivity index (χ2n) is 9.34. The molecule has 2 aliphatic heterocycles. The van der Waals surface area contributed by atoms with Gasteiger partial charge in [0, 0.05) is 37.2 Å². The van der Waals surface area contributed by atoms with Crippen molar-refractivity contribution in [2.45, 2.75) is 77.3 Å². The maximum absolute atomic E-state index is 12.7. The molecular formula is C25H36N4O4. The molecule has 180 valence electrons. The number of hydrogen-bond donors (Lipinski definition) is 2. The fourth-order valence-corrected chi connectivity index (χ4v) is 5.08. The average Bonchev–Trinajstić information content (AvgIpc) is 3.17. The van der Waals surface area contributed by atoms with Crippen LogP contribution in [0.15, 0.2) is 17.1 Å². The number of carbonyl (C=O) groups excluding carboxylic acids is 2. The molecule has 8 heteroatoms. The highest BCUT2D eigenvalue weighted by Crippen LogP contribution is 2.34. The molecule has 1 saturated heterocycles. The molecule has 1 saturated carbocycles. The summed E-state index contributed by atoms with van der Waals surface area (Å²) < 4.78 is 5.98. The first-order valence-electron chi connectivity index (χ1n) is 12.4. The summed E-state index contributed by atoms with van der Waals surface area (Å²) in [7, 11) is 0. The van der Waals surface area contributed by atoms with E-state index in [0.717, 1.165) is 54.7 Å². The third-order valence-electron chi connectivity index (χ3n) is 6.86. The van der Waals surface area contributed by atoms with Crippen molar-refractivity contribution in [3.63, 3.8) is 0 Å². The van der Waals surface area contributed by atoms with Crippen LogP contribution in [0.2, 0.25) is 0 Å². The predicted octanol–water partition coefficient (Wildman–Crippen LogP) is 3.02. The number of aliphatic hydroxyl groups is 1. The van der Waals surface area contributed by atoms with Crippen molar-refractivity contribution in [3.8, 4) is 5.75 Å². The van der Waals surface area contributed by atoms with Crippen LogP contribution in [-0.4, -0.2) is 65.0 Å². The van der Waals surface area contributed by atoms with Crippen molar-refractivity contribution in [2.24, 2.45) is 4.99 Å². The number of rotatable bonds is 10. The number of amides is 2. The lowest BCUT2D eigenvalue weighted by atomic mass is 9.94. The number of aliphatic imine (C=N–C) groups is 1. The molecule has 2 amide bonds. The summed E-state index contributed by atoms with van der Waals surface area (Å²) >= 11 is 0. The van der Waals surface area contributed by atoms with Crippen molar-refractivity contribution >= 4 is 23.5 Å². The predicted molar refractivity (Wildman–Crippen MR) is 126 cm³/mol. The summed E-state index contributed by atoms with van der Waals surface area (Å²) in [5.74, 6) is 1.56. The Balaban J connectivity index is 1.21. The first kappa shape index (κ1) is 23.5. The fraction of sp³-hybridized carbons (Fsp3) is 0.640. The van der Waals surface area contributed by atoms with Gasteiger partial charge in [-0.1, -0.05) is 19.3 Å². The molecule has 1 aliphatic carbocycles. The van der Waals surface area contributed by atoms with Crippen LogP contribution < -0.4 is 10.1 Å². The normalized spacial score (nSPS) is 17.8. The third kappa shape index (κ3) is 5.85. The molecular weight excluding hydrogens is 420 g/mol. The minimum absolute atomic E-state index is 0.0209. The lowest BCUT2D eigenvalue weighted by Gasteiger charge is -2.34. The highest BCUT2D eigenvalue weighted by atomic mass is 16.5. The largest absolute Gasteiger partial charge is 0.494 e. The summed E-state index contributed by atoms with van der Waals surface area (Å²) in [5, 5.41) is 12.2. The highest BCUT2D eigenvalue weighted by molar-refractivity contribution is 6.05. The molecule has 3 aliphatic rings. The number of aryl methyl sites for hydroxylation is 1. The molecule has 8 nitrogen and oxygen atoms in total. The van der Waals surface area contributed by atoms with Gasteiger partial charge in [-0.2, -0.15) is 0 Å². The summed E-state index contributed by atoms with van der Waals surface area (Å²) in [5.41, 5.74) is 3.10. The molecule has 1 aromatic carbocycles. The van der Waals surface area contributed by atoms with Gasteiger partial charge in [-0.05, 0) is 50.7 Å². The molecule has 0 aromatic heterocycles. The maximum Gasteiger partial charge on any atom is 0.246 e. The Kier molecular flexibility index (Phi) is 7.85. The Morgan fingerprint density at radius 1 is 1.21 bits per heavy atom. The maximum atomic E-state index is 12.7. The van der Waals surface area contributed by atoms with Gasteiger partial charge in [-0.15, -0.1) is 0 Å². The number of fused-ring (bicyclic) bond motifs is 2. The van der Waals surface area contributed by atoms with Crippen LogP contribution in [0, 0.1) is 6.92 Å². The molecule has 2 heterocycles. The minimum Gasteiger partial charge on any atom is -0.494 e. The summed E-state index contributed by atoms with van der Waals surface area (Å²) in [6, 6.07) is 4.28. The van der Waals surface area contributed by atoms with E-state index in [2.05, 4.69) is 10.3 Å². The van der Waals surface area contributed by atoms with Gasteiger partial charge in [0.05, 0.1) is 18.9 Å². The van der Waals surface area contributed by atoms with Gasteiger partial charge in [0.1, 0.15) is 12.3 Å². The number of ether oxygens (including phenoxy) is 1. The van der Waals surface area contributed by atoms with E-state index in [1.807, 2.05) is 28.9 Å². The van der Waals surface area contributed by atoms with E-state index in [1.165, 1.54) is 19.3 Å². The summed E-state index contributed by atoms with van der Waals surface area (Å²) in [6.07, 6.45) is 8.92. The topological polar surface area (TPSA) is 94.5 Å². The number of unbranched alkanes of at least 4 members (excludes halogenated alkanes) is 2. The molecule has 4 rings (SSSR count). The van der Waals surface area contributed by atoms with Crippen LogP contribution in [0.4, 0.5) is 5.69 Å². The van der Waals surface area contributed by atoms with E-state index in [1.54, 1.807) is 0 Å². The zero-order valence-corrected chi connectivity index (χ0v) is 19.6. The Morgan fingerprint density at radius 3 is 2.82 bits per heavy atom. The number of aliphatic hydroxyl groups excluding tert-OH is 1. The molecule has 2 fully saturated rings. The molecule has 0 spiro atoms. The molecule has 33 heavy (non-hydrogen) atoms. The SMILES string of the molecule is Cc1cc(OCCCCCC(=O)N(CCO)C2CCCCC2)cc2c1CN1CC(=O)NC1=N2. The number of benzene rings is 1. The van der Waals surface area contributed by atoms with E-state index in [4.69, 9.17) is 4.74 Å². The zero-order valence-electron chi connectivity index (χ0n) is 19.6. The minimum atomic E-state index is -0.0209. The van der Waals surface area contributed by atoms with Gasteiger partial charge < -0.3 is 19.6 Å². The van der Waals surface area contributed by atoms with E-state index in [0.29, 0.717) is 44.7 Å². The van der Waals surface area contributed by atoms with E-state index in [-0.39, 0.29) is 18.4 Å². The van der Waals surface area contributed by atoms with Crippen molar-refractivity contribution in [1.29, 1.82) is 0 Å². The Bertz CT molecular complexity index is 895. The van der Waals surface area contributed by atoms with Gasteiger partial charge in [0.2, 0.25) is 17.8 Å². The molecule has 0 radical (unpaired) electrons. The number of nitrogens with one attached hydrogen (secondary N) is 1. The van der Waals surface area contributed by atoms with Crippen molar-refractivity contribution in [2.75, 3.05) is 26.3 Å². The molecule has 0 unspecified atom stereocenters. The van der Waals surface area contributed by atoms with Crippen LogP contribution in [0.1, 0.15) is 68.9 Å². The summed E-state index contributed by atoms with van der Waals surface area (Å²) in [6.45, 7) is 4.17. The lowest BCUT2D eigenvalue weighted by Crippen LogP contribution is -2.43. The second-order valence-corrected chi connectivity index (χ2v) is 9.34. The van der Waals surface area contributed by atoms with Crippen molar-refractivity contribution in [1.82, 2.24) is 15.1 Å². The smallest absolute Gasteiger partial charge is 0.246 e. The zero-order chi connectivity index (χ0) is 23.2. The van der Waals surface area contributed by atoms with E-state index >= 15 is 0 Å². The molecule has 1 aromatic rings. The first-order chi connectivity index (χ1) is 16.0. The molecule has 0 atom stereocenters. The van der Waals surface area contributed by atoms with Crippen LogP contribution in [-0.2, 0) is 16.1 Å². The van der Waals surface area contributed by atoms with Crippen molar-refractivity contribution in [3.05, 3.63) is 23.3 Å². The lowest BCUT2D eigenvalue weighted by molar-refractivity contribution is -0.135. The van der Waals surface area contributed by atoms with Crippen LogP contribution in [0.5, 0.6) is 5.75 Å². The monoisotopic (exact) mass is 456 g/mol. The van der Waals surface area contributed by atoms with Crippen LogP contribution in [0.25, 0.3) is 0 Å². The van der Waals surface area contributed by atoms with Gasteiger partial charge in [-0.25, -0.2) is 4.99 Å². The molecule has 2 N–H and O–H groups in total. The number of nitrogens with zero attached hydrogens (tertiary/aromatic N) is 3. The van der Waals surface area contributed by atoms with Gasteiger partial charge in [0.15, 0.2) is 0 Å². The highest BCUT2D eigenvalue weighted by Gasteiger charge is 2.30. The van der Waals surface area contributed by atoms with Gasteiger partial charge in [-0.3, -0.25) is 14.9 Å². The molecule has 0 bridgehead atoms. The standard InChI is InChI=1S/C25H36N4O4/c1-18-14-20(15-22-21(18)16-28-17-23(31)27-25(28)26-22)33-13-7-3-6-10-24(32)29(11-12-30)19-8-4-2-5-9-19/h14-15,19,30H,2-13,16-17H2,1H3,(H,26,27,31). The van der Waals surface area contributed by atoms with Crippen LogP contribution >= 0.6 is 0 Å². The van der Waals surface area contributed by atoms with Crippen LogP contribution in [0.3, 0.4) is 0 Å². The van der Waals surface area contributed by atoms with Crippen molar-refractivity contribution < 1.29 is 19.4 Å². The van der Waals surface area contributed by atoms with E-state index < -0.39 is 0 Å². The van der Waals surface area contributed by atoms with E-state index in [9.17, 15) is 14.7 Å². The Morgan fingerprint density at radius 2 is 2.03 bits per heavy atom.